The minimum Gasteiger partial charge on any atom is -0.463 e. The first-order valence-corrected chi connectivity index (χ1v) is 6.84. The highest BCUT2D eigenvalue weighted by Crippen LogP contribution is 2.41. The van der Waals surface area contributed by atoms with Gasteiger partial charge in [0.05, 0.1) is 23.3 Å². The Hall–Kier alpha value is -1.56. The molecule has 0 spiro atoms. The monoisotopic (exact) mass is 264 g/mol. The van der Waals surface area contributed by atoms with Gasteiger partial charge < -0.3 is 4.74 Å². The summed E-state index contributed by atoms with van der Waals surface area (Å²) < 4.78 is 17.6. The molecule has 1 aromatic rings. The van der Waals surface area contributed by atoms with E-state index in [1.807, 2.05) is 19.1 Å². The summed E-state index contributed by atoms with van der Waals surface area (Å²) in [6.07, 6.45) is 0. The Labute approximate surface area is 107 Å². The molecule has 18 heavy (non-hydrogen) atoms. The third kappa shape index (κ3) is 1.45. The van der Waals surface area contributed by atoms with Crippen molar-refractivity contribution in [2.24, 2.45) is 16.1 Å². The molecule has 94 valence electrons. The Bertz CT molecular complexity index is 555. The van der Waals surface area contributed by atoms with Gasteiger partial charge in [0.1, 0.15) is 6.61 Å². The van der Waals surface area contributed by atoms with Crippen LogP contribution in [0.25, 0.3) is 0 Å². The topological polar surface area (TPSA) is 68.1 Å². The van der Waals surface area contributed by atoms with Crippen LogP contribution < -0.4 is 0 Å². The lowest BCUT2D eigenvalue weighted by molar-refractivity contribution is -0.140. The minimum absolute atomic E-state index is 0.202. The van der Waals surface area contributed by atoms with Gasteiger partial charge in [0.2, 0.25) is 0 Å². The molecular formula is C12H12N2O3S. The van der Waals surface area contributed by atoms with Crippen molar-refractivity contribution in [2.45, 2.75) is 16.7 Å². The Morgan fingerprint density at radius 2 is 2.11 bits per heavy atom. The molecule has 1 fully saturated rings. The molecule has 0 aliphatic carbocycles. The highest BCUT2D eigenvalue weighted by molar-refractivity contribution is 7.87. The van der Waals surface area contributed by atoms with E-state index in [0.29, 0.717) is 11.4 Å². The number of ether oxygens (including phenoxy) is 1. The molecule has 0 bridgehead atoms. The fraction of sp³-hybridized carbons (Fsp3) is 0.417. The van der Waals surface area contributed by atoms with Crippen LogP contribution in [-0.4, -0.2) is 28.2 Å². The zero-order valence-electron chi connectivity index (χ0n) is 9.83. The van der Waals surface area contributed by atoms with Crippen LogP contribution in [0.1, 0.15) is 5.56 Å². The third-order valence-electron chi connectivity index (χ3n) is 3.30. The molecule has 3 atom stereocenters. The standard InChI is InChI=1S/C12H12N2O3S/c1-8-2-4-10(5-3-8)18(16)12-9(6-13-14-12)7-17-11(12)15/h2-5,9H,6-7H2,1H3/t9-,12+,18+/m0/s1. The Morgan fingerprint density at radius 3 is 2.83 bits per heavy atom. The van der Waals surface area contributed by atoms with E-state index in [-0.39, 0.29) is 12.5 Å². The van der Waals surface area contributed by atoms with Crippen LogP contribution in [0, 0.1) is 12.8 Å². The van der Waals surface area contributed by atoms with Gasteiger partial charge in [-0.05, 0) is 19.1 Å². The Balaban J connectivity index is 2.03. The SMILES string of the molecule is Cc1ccc([S@@](=O)[C@]23N=NC[C@H]2COC3=O)cc1. The van der Waals surface area contributed by atoms with Crippen LogP contribution in [0.3, 0.4) is 0 Å². The molecule has 2 aliphatic rings. The molecule has 2 heterocycles. The maximum atomic E-state index is 12.6. The van der Waals surface area contributed by atoms with Crippen LogP contribution in [0.2, 0.25) is 0 Å². The number of azo groups is 1. The third-order valence-corrected chi connectivity index (χ3v) is 5.15. The lowest BCUT2D eigenvalue weighted by atomic mass is 10.1. The van der Waals surface area contributed by atoms with Crippen LogP contribution >= 0.6 is 0 Å². The lowest BCUT2D eigenvalue weighted by Gasteiger charge is -2.18. The van der Waals surface area contributed by atoms with Gasteiger partial charge in [-0.25, -0.2) is 4.79 Å². The Kier molecular flexibility index (Phi) is 2.55. The first-order chi connectivity index (χ1) is 8.64. The number of esters is 1. The van der Waals surface area contributed by atoms with Crippen molar-refractivity contribution in [3.8, 4) is 0 Å². The van der Waals surface area contributed by atoms with E-state index < -0.39 is 21.6 Å². The molecule has 1 aromatic carbocycles. The number of rotatable bonds is 2. The smallest absolute Gasteiger partial charge is 0.350 e. The maximum absolute atomic E-state index is 12.6. The van der Waals surface area contributed by atoms with Crippen LogP contribution in [0.5, 0.6) is 0 Å². The van der Waals surface area contributed by atoms with Crippen molar-refractivity contribution < 1.29 is 13.7 Å². The summed E-state index contributed by atoms with van der Waals surface area (Å²) in [5.74, 6) is -0.722. The first kappa shape index (κ1) is 11.5. The summed E-state index contributed by atoms with van der Waals surface area (Å²) in [4.78, 5) is 11.2. The van der Waals surface area contributed by atoms with Gasteiger partial charge in [0.25, 0.3) is 4.87 Å². The summed E-state index contributed by atoms with van der Waals surface area (Å²) >= 11 is 0. The number of hydrogen-bond acceptors (Lipinski definition) is 5. The molecular weight excluding hydrogens is 252 g/mol. The van der Waals surface area contributed by atoms with E-state index in [1.54, 1.807) is 12.1 Å². The van der Waals surface area contributed by atoms with E-state index >= 15 is 0 Å². The number of fused-ring (bicyclic) bond motifs is 1. The predicted octanol–water partition coefficient (Wildman–Crippen LogP) is 1.44. The molecule has 0 N–H and O–H groups in total. The second-order valence-corrected chi connectivity index (χ2v) is 6.13. The second kappa shape index (κ2) is 3.98. The van der Waals surface area contributed by atoms with Crippen LogP contribution in [0.15, 0.2) is 39.4 Å². The number of aryl methyl sites for hydroxylation is 1. The average Bonchev–Trinajstić information content (AvgIpc) is 2.92. The van der Waals surface area contributed by atoms with Crippen molar-refractivity contribution in [3.05, 3.63) is 29.8 Å². The molecule has 0 saturated carbocycles. The molecule has 0 aromatic heterocycles. The first-order valence-electron chi connectivity index (χ1n) is 5.69. The van der Waals surface area contributed by atoms with Gasteiger partial charge in [0, 0.05) is 4.90 Å². The fourth-order valence-electron chi connectivity index (χ4n) is 2.21. The van der Waals surface area contributed by atoms with E-state index in [2.05, 4.69) is 10.2 Å². The molecule has 2 aliphatic heterocycles. The van der Waals surface area contributed by atoms with E-state index in [4.69, 9.17) is 4.74 Å². The largest absolute Gasteiger partial charge is 0.463 e. The fourth-order valence-corrected chi connectivity index (χ4v) is 3.74. The second-order valence-electron chi connectivity index (χ2n) is 4.50. The van der Waals surface area contributed by atoms with Crippen molar-refractivity contribution in [3.63, 3.8) is 0 Å². The normalized spacial score (nSPS) is 31.2. The number of carbonyl (C=O) groups is 1. The zero-order valence-corrected chi connectivity index (χ0v) is 10.6. The molecule has 5 nitrogen and oxygen atoms in total. The molecule has 1 saturated heterocycles. The van der Waals surface area contributed by atoms with Crippen molar-refractivity contribution in [1.29, 1.82) is 0 Å². The minimum atomic E-state index is -1.56. The average molecular weight is 264 g/mol. The van der Waals surface area contributed by atoms with Gasteiger partial charge in [-0.3, -0.25) is 4.21 Å². The number of benzene rings is 1. The number of nitrogens with zero attached hydrogens (tertiary/aromatic N) is 2. The van der Waals surface area contributed by atoms with Crippen LogP contribution in [0.4, 0.5) is 0 Å². The van der Waals surface area contributed by atoms with Crippen molar-refractivity contribution >= 4 is 16.8 Å². The van der Waals surface area contributed by atoms with Gasteiger partial charge in [-0.1, -0.05) is 17.7 Å². The van der Waals surface area contributed by atoms with Crippen molar-refractivity contribution in [2.75, 3.05) is 13.2 Å². The molecule has 3 rings (SSSR count). The predicted molar refractivity (Wildman–Crippen MR) is 64.5 cm³/mol. The number of cyclic esters (lactones) is 1. The van der Waals surface area contributed by atoms with E-state index in [0.717, 1.165) is 5.56 Å². The highest BCUT2D eigenvalue weighted by Gasteiger charge is 2.61. The van der Waals surface area contributed by atoms with Gasteiger partial charge in [-0.15, -0.1) is 0 Å². The summed E-state index contributed by atoms with van der Waals surface area (Å²) in [5.41, 5.74) is 1.08. The lowest BCUT2D eigenvalue weighted by Crippen LogP contribution is -2.41. The summed E-state index contributed by atoms with van der Waals surface area (Å²) in [7, 11) is -1.56. The summed E-state index contributed by atoms with van der Waals surface area (Å²) in [6.45, 7) is 2.61. The zero-order chi connectivity index (χ0) is 12.8. The van der Waals surface area contributed by atoms with E-state index in [1.165, 1.54) is 0 Å². The van der Waals surface area contributed by atoms with Crippen molar-refractivity contribution in [1.82, 2.24) is 0 Å². The number of carbonyl (C=O) groups excluding carboxylic acids is 1. The Morgan fingerprint density at radius 1 is 1.39 bits per heavy atom. The summed E-state index contributed by atoms with van der Waals surface area (Å²) in [5, 5.41) is 7.84. The molecule has 0 amide bonds. The summed E-state index contributed by atoms with van der Waals surface area (Å²) in [6, 6.07) is 7.25. The molecule has 0 unspecified atom stereocenters. The molecule has 0 radical (unpaired) electrons. The maximum Gasteiger partial charge on any atom is 0.350 e. The molecule has 6 heteroatoms. The van der Waals surface area contributed by atoms with Gasteiger partial charge in [-0.2, -0.15) is 10.2 Å². The van der Waals surface area contributed by atoms with E-state index in [9.17, 15) is 9.00 Å². The quantitative estimate of drug-likeness (QED) is 0.759. The van der Waals surface area contributed by atoms with Crippen LogP contribution in [-0.2, 0) is 20.3 Å². The highest BCUT2D eigenvalue weighted by atomic mass is 32.2. The van der Waals surface area contributed by atoms with Gasteiger partial charge in [0.15, 0.2) is 0 Å². The van der Waals surface area contributed by atoms with Gasteiger partial charge >= 0.3 is 5.97 Å². The number of hydrogen-bond donors (Lipinski definition) is 0.